The van der Waals surface area contributed by atoms with E-state index in [9.17, 15) is 5.11 Å². The van der Waals surface area contributed by atoms with Gasteiger partial charge in [0.05, 0.1) is 21.6 Å². The van der Waals surface area contributed by atoms with E-state index in [1.807, 2.05) is 29.8 Å². The molecule has 5 heteroatoms. The lowest BCUT2D eigenvalue weighted by molar-refractivity contribution is 0.476. The van der Waals surface area contributed by atoms with Crippen LogP contribution in [0.4, 0.5) is 0 Å². The van der Waals surface area contributed by atoms with E-state index in [1.165, 1.54) is 6.07 Å². The summed E-state index contributed by atoms with van der Waals surface area (Å²) in [4.78, 5) is 4.51. The lowest BCUT2D eigenvalue weighted by Crippen LogP contribution is -1.93. The van der Waals surface area contributed by atoms with Crippen molar-refractivity contribution in [1.82, 2.24) is 9.55 Å². The van der Waals surface area contributed by atoms with Crippen LogP contribution in [-0.4, -0.2) is 14.7 Å². The van der Waals surface area contributed by atoms with Gasteiger partial charge in [0.1, 0.15) is 11.6 Å². The fourth-order valence-electron chi connectivity index (χ4n) is 2.16. The van der Waals surface area contributed by atoms with Crippen molar-refractivity contribution in [2.24, 2.45) is 7.05 Å². The van der Waals surface area contributed by atoms with Gasteiger partial charge in [-0.15, -0.1) is 0 Å². The average molecular weight is 293 g/mol. The Bertz CT molecular complexity index is 780. The van der Waals surface area contributed by atoms with Crippen LogP contribution < -0.4 is 0 Å². The lowest BCUT2D eigenvalue weighted by Gasteiger charge is -2.05. The minimum absolute atomic E-state index is 0.0991. The van der Waals surface area contributed by atoms with Crippen LogP contribution in [0.3, 0.4) is 0 Å². The number of fused-ring (bicyclic) bond motifs is 1. The zero-order valence-electron chi connectivity index (χ0n) is 10.1. The van der Waals surface area contributed by atoms with Crippen LogP contribution in [0.2, 0.25) is 10.0 Å². The average Bonchev–Trinajstić information content (AvgIpc) is 2.68. The summed E-state index contributed by atoms with van der Waals surface area (Å²) in [6.45, 7) is 0. The number of hydrogen-bond acceptors (Lipinski definition) is 2. The van der Waals surface area contributed by atoms with Crippen LogP contribution >= 0.6 is 23.2 Å². The van der Waals surface area contributed by atoms with Gasteiger partial charge in [-0.2, -0.15) is 0 Å². The molecular formula is C14H10Cl2N2O. The number of aromatic hydroxyl groups is 1. The number of halogens is 2. The largest absolute Gasteiger partial charge is 0.507 e. The molecule has 0 spiro atoms. The van der Waals surface area contributed by atoms with E-state index in [2.05, 4.69) is 4.98 Å². The first-order chi connectivity index (χ1) is 9.08. The van der Waals surface area contributed by atoms with Gasteiger partial charge < -0.3 is 9.67 Å². The minimum Gasteiger partial charge on any atom is -0.507 e. The van der Waals surface area contributed by atoms with Crippen LogP contribution in [0.1, 0.15) is 0 Å². The number of hydrogen-bond donors (Lipinski definition) is 1. The van der Waals surface area contributed by atoms with Crippen molar-refractivity contribution in [2.75, 3.05) is 0 Å². The van der Waals surface area contributed by atoms with Crippen molar-refractivity contribution in [3.05, 3.63) is 46.4 Å². The van der Waals surface area contributed by atoms with Crippen molar-refractivity contribution in [1.29, 1.82) is 0 Å². The highest BCUT2D eigenvalue weighted by atomic mass is 35.5. The first-order valence-electron chi connectivity index (χ1n) is 5.68. The normalized spacial score (nSPS) is 11.1. The van der Waals surface area contributed by atoms with Crippen molar-refractivity contribution < 1.29 is 5.11 Å². The number of nitrogens with zero attached hydrogens (tertiary/aromatic N) is 2. The Balaban J connectivity index is 2.31. The van der Waals surface area contributed by atoms with Gasteiger partial charge in [-0.1, -0.05) is 29.3 Å². The van der Waals surface area contributed by atoms with Gasteiger partial charge >= 0.3 is 0 Å². The Kier molecular flexibility index (Phi) is 2.88. The predicted octanol–water partition coefficient (Wildman–Crippen LogP) is 4.25. The second kappa shape index (κ2) is 4.44. The van der Waals surface area contributed by atoms with Crippen LogP contribution in [0.5, 0.6) is 5.75 Å². The number of para-hydroxylation sites is 1. The van der Waals surface area contributed by atoms with Crippen molar-refractivity contribution in [3.8, 4) is 17.1 Å². The summed E-state index contributed by atoms with van der Waals surface area (Å²) in [5.74, 6) is 0.749. The van der Waals surface area contributed by atoms with Gasteiger partial charge in [-0.25, -0.2) is 4.98 Å². The molecule has 1 N–H and O–H groups in total. The maximum absolute atomic E-state index is 9.99. The molecule has 0 aliphatic heterocycles. The van der Waals surface area contributed by atoms with Crippen LogP contribution in [0.25, 0.3) is 22.4 Å². The lowest BCUT2D eigenvalue weighted by atomic mass is 10.2. The fraction of sp³-hybridized carbons (Fsp3) is 0.0714. The molecule has 0 fully saturated rings. The Morgan fingerprint density at radius 1 is 1.16 bits per heavy atom. The SMILES string of the molecule is Cn1c(-c2ccc(Cl)cc2O)nc2cccc(Cl)c21. The quantitative estimate of drug-likeness (QED) is 0.728. The molecule has 0 amide bonds. The molecule has 0 atom stereocenters. The van der Waals surface area contributed by atoms with Gasteiger partial charge in [0, 0.05) is 12.1 Å². The Hall–Kier alpha value is -1.71. The number of phenolic OH excluding ortho intramolecular Hbond substituents is 1. The van der Waals surface area contributed by atoms with Gasteiger partial charge in [0.15, 0.2) is 0 Å². The summed E-state index contributed by atoms with van der Waals surface area (Å²) in [7, 11) is 1.87. The number of phenols is 1. The molecule has 3 rings (SSSR count). The van der Waals surface area contributed by atoms with Gasteiger partial charge in [0.2, 0.25) is 0 Å². The third-order valence-corrected chi connectivity index (χ3v) is 3.59. The molecular weight excluding hydrogens is 283 g/mol. The maximum Gasteiger partial charge on any atom is 0.144 e. The van der Waals surface area contributed by atoms with Crippen molar-refractivity contribution in [3.63, 3.8) is 0 Å². The molecule has 96 valence electrons. The zero-order chi connectivity index (χ0) is 13.6. The molecule has 0 radical (unpaired) electrons. The Morgan fingerprint density at radius 3 is 2.63 bits per heavy atom. The summed E-state index contributed by atoms with van der Waals surface area (Å²) in [6.07, 6.45) is 0. The topological polar surface area (TPSA) is 38.0 Å². The van der Waals surface area contributed by atoms with Gasteiger partial charge in [-0.05, 0) is 30.3 Å². The van der Waals surface area contributed by atoms with E-state index < -0.39 is 0 Å². The summed E-state index contributed by atoms with van der Waals surface area (Å²) < 4.78 is 1.86. The predicted molar refractivity (Wildman–Crippen MR) is 77.8 cm³/mol. The highest BCUT2D eigenvalue weighted by molar-refractivity contribution is 6.35. The van der Waals surface area contributed by atoms with E-state index in [0.29, 0.717) is 21.4 Å². The molecule has 1 heterocycles. The van der Waals surface area contributed by atoms with Crippen LogP contribution in [-0.2, 0) is 7.05 Å². The number of rotatable bonds is 1. The Labute approximate surface area is 120 Å². The minimum atomic E-state index is 0.0991. The molecule has 0 aliphatic rings. The smallest absolute Gasteiger partial charge is 0.144 e. The molecule has 0 aliphatic carbocycles. The number of aromatic nitrogens is 2. The third kappa shape index (κ3) is 1.95. The third-order valence-electron chi connectivity index (χ3n) is 3.05. The summed E-state index contributed by atoms with van der Waals surface area (Å²) in [6, 6.07) is 10.5. The Morgan fingerprint density at radius 2 is 1.95 bits per heavy atom. The number of imidazole rings is 1. The maximum atomic E-state index is 9.99. The van der Waals surface area contributed by atoms with E-state index >= 15 is 0 Å². The van der Waals surface area contributed by atoms with E-state index in [1.54, 1.807) is 12.1 Å². The summed E-state index contributed by atoms with van der Waals surface area (Å²) in [5, 5.41) is 11.1. The first-order valence-corrected chi connectivity index (χ1v) is 6.43. The summed E-state index contributed by atoms with van der Waals surface area (Å²) in [5.41, 5.74) is 2.26. The molecule has 0 saturated carbocycles. The molecule has 2 aromatic carbocycles. The van der Waals surface area contributed by atoms with Crippen LogP contribution in [0, 0.1) is 0 Å². The van der Waals surface area contributed by atoms with Crippen molar-refractivity contribution >= 4 is 34.2 Å². The fourth-order valence-corrected chi connectivity index (χ4v) is 2.62. The monoisotopic (exact) mass is 292 g/mol. The van der Waals surface area contributed by atoms with E-state index in [0.717, 1.165) is 11.0 Å². The standard InChI is InChI=1S/C14H10Cl2N2O/c1-18-13-10(16)3-2-4-11(13)17-14(18)9-6-5-8(15)7-12(9)19/h2-7,19H,1H3. The number of aryl methyl sites for hydroxylation is 1. The molecule has 1 aromatic heterocycles. The highest BCUT2D eigenvalue weighted by Crippen LogP contribution is 2.34. The van der Waals surface area contributed by atoms with Gasteiger partial charge in [0.25, 0.3) is 0 Å². The summed E-state index contributed by atoms with van der Waals surface area (Å²) >= 11 is 12.0. The molecule has 3 aromatic rings. The number of benzene rings is 2. The second-order valence-corrected chi connectivity index (χ2v) is 5.11. The molecule has 0 bridgehead atoms. The highest BCUT2D eigenvalue weighted by Gasteiger charge is 2.15. The molecule has 19 heavy (non-hydrogen) atoms. The van der Waals surface area contributed by atoms with Crippen LogP contribution in [0.15, 0.2) is 36.4 Å². The van der Waals surface area contributed by atoms with E-state index in [4.69, 9.17) is 23.2 Å². The first kappa shape index (κ1) is 12.3. The van der Waals surface area contributed by atoms with Gasteiger partial charge in [-0.3, -0.25) is 0 Å². The molecule has 0 saturated heterocycles. The molecule has 0 unspecified atom stereocenters. The molecule has 3 nitrogen and oxygen atoms in total. The van der Waals surface area contributed by atoms with Crippen molar-refractivity contribution in [2.45, 2.75) is 0 Å². The van der Waals surface area contributed by atoms with E-state index in [-0.39, 0.29) is 5.75 Å². The second-order valence-electron chi connectivity index (χ2n) is 4.26. The zero-order valence-corrected chi connectivity index (χ0v) is 11.6.